The van der Waals surface area contributed by atoms with E-state index in [1.807, 2.05) is 0 Å². The molecule has 0 saturated heterocycles. The van der Waals surface area contributed by atoms with E-state index in [9.17, 15) is 14.9 Å². The van der Waals surface area contributed by atoms with Crippen LogP contribution in [0.3, 0.4) is 0 Å². The first-order chi connectivity index (χ1) is 8.98. The number of nitrogens with two attached hydrogens (primary N) is 1. The minimum absolute atomic E-state index is 0.0278. The Kier molecular flexibility index (Phi) is 3.17. The Labute approximate surface area is 107 Å². The van der Waals surface area contributed by atoms with Gasteiger partial charge >= 0.3 is 5.97 Å². The molecule has 8 nitrogen and oxygen atoms in total. The van der Waals surface area contributed by atoms with E-state index in [-0.39, 0.29) is 18.7 Å². The largest absolute Gasteiger partial charge is 0.478 e. The van der Waals surface area contributed by atoms with E-state index < -0.39 is 16.5 Å². The van der Waals surface area contributed by atoms with E-state index in [1.165, 1.54) is 18.2 Å². The molecule has 0 fully saturated rings. The topological polar surface area (TPSA) is 128 Å². The van der Waals surface area contributed by atoms with Crippen LogP contribution in [0, 0.1) is 10.1 Å². The van der Waals surface area contributed by atoms with Crippen LogP contribution in [0.1, 0.15) is 12.0 Å². The number of nitro groups is 1. The van der Waals surface area contributed by atoms with Gasteiger partial charge in [-0.05, 0) is 0 Å². The summed E-state index contributed by atoms with van der Waals surface area (Å²) in [6, 6.07) is 5.76. The highest BCUT2D eigenvalue weighted by Crippen LogP contribution is 2.27. The quantitative estimate of drug-likeness (QED) is 0.602. The average Bonchev–Trinajstić information content (AvgIpc) is 2.84. The molecule has 0 saturated carbocycles. The summed E-state index contributed by atoms with van der Waals surface area (Å²) in [5, 5.41) is 23.5. The molecule has 0 amide bonds. The second kappa shape index (κ2) is 4.65. The molecule has 0 spiro atoms. The smallest absolute Gasteiger partial charge is 0.352 e. The van der Waals surface area contributed by atoms with E-state index >= 15 is 0 Å². The molecule has 0 aromatic heterocycles. The molecule has 1 heterocycles. The van der Waals surface area contributed by atoms with Crippen molar-refractivity contribution in [1.29, 1.82) is 0 Å². The van der Waals surface area contributed by atoms with Gasteiger partial charge in [0.2, 0.25) is 0 Å². The summed E-state index contributed by atoms with van der Waals surface area (Å²) < 4.78 is 0. The van der Waals surface area contributed by atoms with Gasteiger partial charge in [-0.1, -0.05) is 17.3 Å². The number of oxime groups is 1. The SMILES string of the molecule is NCC1(C(=O)O)CC(c2cccc([N+](=O)[O-])c2)=NO1. The van der Waals surface area contributed by atoms with Crippen LogP contribution < -0.4 is 5.73 Å². The van der Waals surface area contributed by atoms with Crippen LogP contribution >= 0.6 is 0 Å². The first-order valence-electron chi connectivity index (χ1n) is 5.42. The fourth-order valence-corrected chi connectivity index (χ4v) is 1.74. The third kappa shape index (κ3) is 2.25. The lowest BCUT2D eigenvalue weighted by atomic mass is 9.94. The van der Waals surface area contributed by atoms with Gasteiger partial charge in [0.15, 0.2) is 0 Å². The van der Waals surface area contributed by atoms with Gasteiger partial charge in [-0.3, -0.25) is 10.1 Å². The number of carboxylic acids is 1. The van der Waals surface area contributed by atoms with E-state index in [0.29, 0.717) is 11.3 Å². The second-order valence-corrected chi connectivity index (χ2v) is 4.12. The summed E-state index contributed by atoms with van der Waals surface area (Å²) in [6.45, 7) is -0.232. The van der Waals surface area contributed by atoms with Crippen LogP contribution in [0.25, 0.3) is 0 Å². The van der Waals surface area contributed by atoms with Gasteiger partial charge < -0.3 is 15.7 Å². The molecule has 100 valence electrons. The van der Waals surface area contributed by atoms with Crippen molar-refractivity contribution in [1.82, 2.24) is 0 Å². The van der Waals surface area contributed by atoms with Gasteiger partial charge in [0, 0.05) is 30.7 Å². The first kappa shape index (κ1) is 13.0. The minimum Gasteiger partial charge on any atom is -0.478 e. The van der Waals surface area contributed by atoms with Crippen molar-refractivity contribution in [3.8, 4) is 0 Å². The highest BCUT2D eigenvalue weighted by Gasteiger charge is 2.46. The number of non-ortho nitro benzene ring substituents is 1. The van der Waals surface area contributed by atoms with Crippen molar-refractivity contribution in [2.75, 3.05) is 6.54 Å². The lowest BCUT2D eigenvalue weighted by Gasteiger charge is -2.18. The van der Waals surface area contributed by atoms with Crippen LogP contribution in [0.4, 0.5) is 5.69 Å². The molecule has 2 rings (SSSR count). The molecule has 0 radical (unpaired) electrons. The highest BCUT2D eigenvalue weighted by molar-refractivity contribution is 6.05. The standard InChI is InChI=1S/C11H11N3O5/c12-6-11(10(15)16)5-9(13-19-11)7-2-1-3-8(4-7)14(17)18/h1-4H,5-6,12H2,(H,15,16). The van der Waals surface area contributed by atoms with Gasteiger partial charge in [-0.15, -0.1) is 0 Å². The molecule has 1 aliphatic rings. The van der Waals surface area contributed by atoms with Crippen molar-refractivity contribution in [2.45, 2.75) is 12.0 Å². The number of benzene rings is 1. The van der Waals surface area contributed by atoms with E-state index in [2.05, 4.69) is 5.16 Å². The number of nitro benzene ring substituents is 1. The molecular weight excluding hydrogens is 254 g/mol. The average molecular weight is 265 g/mol. The Hall–Kier alpha value is -2.48. The van der Waals surface area contributed by atoms with Crippen LogP contribution in [0.2, 0.25) is 0 Å². The number of hydrogen-bond acceptors (Lipinski definition) is 6. The fourth-order valence-electron chi connectivity index (χ4n) is 1.74. The van der Waals surface area contributed by atoms with Gasteiger partial charge in [0.25, 0.3) is 11.3 Å². The zero-order valence-electron chi connectivity index (χ0n) is 9.78. The van der Waals surface area contributed by atoms with Crippen LogP contribution in [-0.2, 0) is 9.63 Å². The normalized spacial score (nSPS) is 21.6. The summed E-state index contributed by atoms with van der Waals surface area (Å²) in [5.41, 5.74) is 4.50. The summed E-state index contributed by atoms with van der Waals surface area (Å²) in [7, 11) is 0. The summed E-state index contributed by atoms with van der Waals surface area (Å²) in [5.74, 6) is -1.21. The van der Waals surface area contributed by atoms with E-state index in [0.717, 1.165) is 0 Å². The van der Waals surface area contributed by atoms with Crippen LogP contribution in [-0.4, -0.2) is 33.9 Å². The van der Waals surface area contributed by atoms with E-state index in [1.54, 1.807) is 6.07 Å². The molecule has 8 heteroatoms. The van der Waals surface area contributed by atoms with Crippen molar-refractivity contribution < 1.29 is 19.7 Å². The zero-order valence-corrected chi connectivity index (χ0v) is 9.78. The molecule has 1 aromatic rings. The first-order valence-corrected chi connectivity index (χ1v) is 5.42. The van der Waals surface area contributed by atoms with Crippen molar-refractivity contribution in [3.63, 3.8) is 0 Å². The molecule has 1 aliphatic heterocycles. The number of carbonyl (C=O) groups is 1. The Morgan fingerprint density at radius 1 is 1.63 bits per heavy atom. The maximum atomic E-state index is 11.1. The molecule has 1 aromatic carbocycles. The third-order valence-corrected chi connectivity index (χ3v) is 2.89. The Morgan fingerprint density at radius 2 is 2.37 bits per heavy atom. The van der Waals surface area contributed by atoms with Gasteiger partial charge in [-0.25, -0.2) is 4.79 Å². The Bertz CT molecular complexity index is 571. The van der Waals surface area contributed by atoms with Crippen molar-refractivity contribution in [2.24, 2.45) is 10.9 Å². The second-order valence-electron chi connectivity index (χ2n) is 4.12. The van der Waals surface area contributed by atoms with Gasteiger partial charge in [0.05, 0.1) is 10.6 Å². The maximum absolute atomic E-state index is 11.1. The molecule has 0 bridgehead atoms. The Balaban J connectivity index is 2.28. The summed E-state index contributed by atoms with van der Waals surface area (Å²) in [4.78, 5) is 26.2. The van der Waals surface area contributed by atoms with Crippen molar-refractivity contribution in [3.05, 3.63) is 39.9 Å². The highest BCUT2D eigenvalue weighted by atomic mass is 16.7. The third-order valence-electron chi connectivity index (χ3n) is 2.89. The number of nitrogens with zero attached hydrogens (tertiary/aromatic N) is 2. The molecule has 3 N–H and O–H groups in total. The summed E-state index contributed by atoms with van der Waals surface area (Å²) in [6.07, 6.45) is -0.0278. The molecular formula is C11H11N3O5. The number of aliphatic carboxylic acids is 1. The van der Waals surface area contributed by atoms with Crippen molar-refractivity contribution >= 4 is 17.4 Å². The predicted molar refractivity (Wildman–Crippen MR) is 64.8 cm³/mol. The monoisotopic (exact) mass is 265 g/mol. The lowest BCUT2D eigenvalue weighted by Crippen LogP contribution is -2.45. The maximum Gasteiger partial charge on any atom is 0.352 e. The minimum atomic E-state index is -1.58. The number of carboxylic acid groups (broad SMARTS) is 1. The van der Waals surface area contributed by atoms with Crippen LogP contribution in [0.15, 0.2) is 29.4 Å². The van der Waals surface area contributed by atoms with Crippen LogP contribution in [0.5, 0.6) is 0 Å². The lowest BCUT2D eigenvalue weighted by molar-refractivity contribution is -0.384. The molecule has 1 unspecified atom stereocenters. The van der Waals surface area contributed by atoms with Gasteiger partial charge in [0.1, 0.15) is 0 Å². The van der Waals surface area contributed by atoms with Gasteiger partial charge in [-0.2, -0.15) is 0 Å². The number of hydrogen-bond donors (Lipinski definition) is 2. The fraction of sp³-hybridized carbons (Fsp3) is 0.273. The molecule has 0 aliphatic carbocycles. The molecule has 1 atom stereocenters. The molecule has 19 heavy (non-hydrogen) atoms. The Morgan fingerprint density at radius 3 is 2.89 bits per heavy atom. The predicted octanol–water partition coefficient (Wildman–Crippen LogP) is 0.501. The summed E-state index contributed by atoms with van der Waals surface area (Å²) >= 11 is 0. The van der Waals surface area contributed by atoms with E-state index in [4.69, 9.17) is 15.7 Å². The zero-order chi connectivity index (χ0) is 14.0. The number of rotatable bonds is 4.